The number of hydrogen-bond acceptors (Lipinski definition) is 7. The average Bonchev–Trinajstić information content (AvgIpc) is 3.10. The van der Waals surface area contributed by atoms with Gasteiger partial charge >= 0.3 is 5.97 Å². The summed E-state index contributed by atoms with van der Waals surface area (Å²) >= 11 is 2.08. The van der Waals surface area contributed by atoms with E-state index in [0.29, 0.717) is 16.6 Å². The molecule has 172 valence electrons. The topological polar surface area (TPSA) is 81.9 Å². The van der Waals surface area contributed by atoms with Crippen molar-refractivity contribution in [3.8, 4) is 11.4 Å². The van der Waals surface area contributed by atoms with Crippen molar-refractivity contribution in [3.63, 3.8) is 0 Å². The predicted octanol–water partition coefficient (Wildman–Crippen LogP) is 5.81. The number of aromatic nitrogens is 4. The molecule has 3 aromatic rings. The van der Waals surface area contributed by atoms with Crippen LogP contribution in [-0.2, 0) is 9.53 Å². The van der Waals surface area contributed by atoms with E-state index < -0.39 is 17.6 Å². The molecule has 3 heterocycles. The molecule has 3 aromatic heterocycles. The van der Waals surface area contributed by atoms with Gasteiger partial charge in [0.2, 0.25) is 0 Å². The fraction of sp³-hybridized carbons (Fsp3) is 0.333. The summed E-state index contributed by atoms with van der Waals surface area (Å²) in [6, 6.07) is 1.34. The van der Waals surface area contributed by atoms with E-state index in [9.17, 15) is 13.6 Å². The first-order valence-electron chi connectivity index (χ1n) is 9.82. The summed E-state index contributed by atoms with van der Waals surface area (Å²) in [5.74, 6) is -0.600. The maximum atomic E-state index is 14.1. The monoisotopic (exact) mass is 575 g/mol. The van der Waals surface area contributed by atoms with E-state index in [1.807, 2.05) is 0 Å². The highest BCUT2D eigenvalue weighted by molar-refractivity contribution is 14.2. The molecule has 32 heavy (non-hydrogen) atoms. The standard InChI is InChI=1S/C17H14F2IN5O2S.C4H10/c1-2-27-14(26)4-3-5-21-16-13(19)8-22-15(24-16)12-9-25(28-20)17-11(12)6-10(18)7-23-17;1-4(2)3/h3-4,6-9H,2,5H2,1H3,(H,21,22,24);4H,1-3H3/b4-3+;. The van der Waals surface area contributed by atoms with Gasteiger partial charge in [-0.15, -0.1) is 0 Å². The summed E-state index contributed by atoms with van der Waals surface area (Å²) in [7, 11) is 1.35. The largest absolute Gasteiger partial charge is 0.463 e. The van der Waals surface area contributed by atoms with Gasteiger partial charge in [0, 0.05) is 60.1 Å². The van der Waals surface area contributed by atoms with Crippen molar-refractivity contribution < 1.29 is 18.3 Å². The van der Waals surface area contributed by atoms with Crippen LogP contribution in [0.5, 0.6) is 0 Å². The van der Waals surface area contributed by atoms with Crippen molar-refractivity contribution >= 4 is 53.1 Å². The molecule has 7 nitrogen and oxygen atoms in total. The van der Waals surface area contributed by atoms with Gasteiger partial charge in [-0.2, -0.15) is 0 Å². The molecule has 0 aromatic carbocycles. The smallest absolute Gasteiger partial charge is 0.330 e. The minimum atomic E-state index is -0.649. The Labute approximate surface area is 201 Å². The minimum Gasteiger partial charge on any atom is -0.463 e. The number of hydrogen-bond donors (Lipinski definition) is 1. The molecule has 11 heteroatoms. The third kappa shape index (κ3) is 7.40. The number of rotatable bonds is 7. The highest BCUT2D eigenvalue weighted by Crippen LogP contribution is 2.33. The molecule has 0 saturated heterocycles. The van der Waals surface area contributed by atoms with Gasteiger partial charge in [-0.05, 0) is 18.9 Å². The summed E-state index contributed by atoms with van der Waals surface area (Å²) in [5.41, 5.74) is 1.08. The van der Waals surface area contributed by atoms with Crippen molar-refractivity contribution in [2.24, 2.45) is 5.92 Å². The van der Waals surface area contributed by atoms with Crippen LogP contribution in [0, 0.1) is 17.6 Å². The zero-order chi connectivity index (χ0) is 23.7. The van der Waals surface area contributed by atoms with Crippen LogP contribution in [0.15, 0.2) is 36.8 Å². The molecule has 0 aliphatic rings. The van der Waals surface area contributed by atoms with Crippen LogP contribution in [0.3, 0.4) is 0 Å². The van der Waals surface area contributed by atoms with Crippen molar-refractivity contribution in [2.75, 3.05) is 18.5 Å². The van der Waals surface area contributed by atoms with E-state index in [4.69, 9.17) is 4.74 Å². The van der Waals surface area contributed by atoms with E-state index >= 15 is 0 Å². The molecule has 0 fully saturated rings. The Morgan fingerprint density at radius 1 is 1.31 bits per heavy atom. The fourth-order valence-corrected chi connectivity index (χ4v) is 3.66. The lowest BCUT2D eigenvalue weighted by atomic mass is 10.2. The zero-order valence-corrected chi connectivity index (χ0v) is 21.1. The lowest BCUT2D eigenvalue weighted by Gasteiger charge is -2.06. The van der Waals surface area contributed by atoms with Crippen LogP contribution < -0.4 is 5.32 Å². The van der Waals surface area contributed by atoms with E-state index in [1.54, 1.807) is 17.1 Å². The number of esters is 1. The first kappa shape index (κ1) is 26.0. The molecule has 0 bridgehead atoms. The Bertz CT molecular complexity index is 1090. The third-order valence-electron chi connectivity index (χ3n) is 3.57. The number of carbonyl (C=O) groups excluding carboxylic acids is 1. The van der Waals surface area contributed by atoms with E-state index in [-0.39, 0.29) is 24.8 Å². The molecule has 0 radical (unpaired) electrons. The molecule has 0 saturated carbocycles. The van der Waals surface area contributed by atoms with Gasteiger partial charge in [0.15, 0.2) is 23.1 Å². The summed E-state index contributed by atoms with van der Waals surface area (Å²) in [5, 5.41) is 3.29. The first-order valence-corrected chi connectivity index (χ1v) is 13.1. The molecular weight excluding hydrogens is 551 g/mol. The van der Waals surface area contributed by atoms with Gasteiger partial charge in [0.1, 0.15) is 5.82 Å². The minimum absolute atomic E-state index is 0.0362. The lowest BCUT2D eigenvalue weighted by Crippen LogP contribution is -2.06. The summed E-state index contributed by atoms with van der Waals surface area (Å²) in [4.78, 5) is 23.6. The van der Waals surface area contributed by atoms with Crippen LogP contribution in [-0.4, -0.2) is 38.0 Å². The highest BCUT2D eigenvalue weighted by Gasteiger charge is 2.16. The summed E-state index contributed by atoms with van der Waals surface area (Å²) in [6.45, 7) is 8.64. The van der Waals surface area contributed by atoms with Gasteiger partial charge in [-0.3, -0.25) is 3.97 Å². The van der Waals surface area contributed by atoms with Crippen LogP contribution in [0.25, 0.3) is 22.4 Å². The molecule has 0 unspecified atom stereocenters. The second kappa shape index (κ2) is 12.7. The average molecular weight is 575 g/mol. The van der Waals surface area contributed by atoms with Crippen molar-refractivity contribution in [2.45, 2.75) is 27.7 Å². The third-order valence-corrected chi connectivity index (χ3v) is 5.27. The van der Waals surface area contributed by atoms with Crippen molar-refractivity contribution in [1.29, 1.82) is 0 Å². The first-order chi connectivity index (χ1) is 15.3. The maximum Gasteiger partial charge on any atom is 0.330 e. The van der Waals surface area contributed by atoms with Crippen molar-refractivity contribution in [1.82, 2.24) is 18.9 Å². The van der Waals surface area contributed by atoms with Crippen molar-refractivity contribution in [3.05, 3.63) is 48.4 Å². The number of pyridine rings is 1. The van der Waals surface area contributed by atoms with Crippen LogP contribution in [0.2, 0.25) is 0 Å². The number of anilines is 1. The molecule has 3 rings (SSSR count). The second-order valence-corrected chi connectivity index (χ2v) is 8.83. The number of fused-ring (bicyclic) bond motifs is 1. The number of carbonyl (C=O) groups is 1. The molecule has 0 amide bonds. The summed E-state index contributed by atoms with van der Waals surface area (Å²) in [6.07, 6.45) is 6.62. The van der Waals surface area contributed by atoms with Gasteiger partial charge in [0.05, 0.1) is 19.0 Å². The van der Waals surface area contributed by atoms with Crippen LogP contribution in [0.1, 0.15) is 27.7 Å². The molecule has 0 aliphatic carbocycles. The molecular formula is C21H24F2IN5O2S. The molecule has 0 spiro atoms. The Balaban J connectivity index is 0.000000837. The van der Waals surface area contributed by atoms with Crippen LogP contribution >= 0.6 is 30.3 Å². The molecule has 0 aliphatic heterocycles. The van der Waals surface area contributed by atoms with Gasteiger partial charge < -0.3 is 10.1 Å². The van der Waals surface area contributed by atoms with E-state index in [2.05, 4.69) is 62.2 Å². The Morgan fingerprint density at radius 3 is 2.69 bits per heavy atom. The van der Waals surface area contributed by atoms with Gasteiger partial charge in [-0.25, -0.2) is 28.5 Å². The number of halogens is 3. The number of nitrogens with zero attached hydrogens (tertiary/aromatic N) is 4. The molecule has 0 atom stereocenters. The number of nitrogens with one attached hydrogen (secondary N) is 1. The maximum absolute atomic E-state index is 14.1. The highest BCUT2D eigenvalue weighted by atomic mass is 127. The molecule has 1 N–H and O–H groups in total. The number of ether oxygens (including phenoxy) is 1. The Hall–Kier alpha value is -2.28. The van der Waals surface area contributed by atoms with E-state index in [0.717, 1.165) is 18.3 Å². The summed E-state index contributed by atoms with van der Waals surface area (Å²) < 4.78 is 34.2. The van der Waals surface area contributed by atoms with Crippen LogP contribution in [0.4, 0.5) is 14.6 Å². The predicted molar refractivity (Wildman–Crippen MR) is 132 cm³/mol. The second-order valence-electron chi connectivity index (χ2n) is 7.12. The zero-order valence-electron chi connectivity index (χ0n) is 18.1. The quantitative estimate of drug-likeness (QED) is 0.216. The Kier molecular flexibility index (Phi) is 10.3. The fourth-order valence-electron chi connectivity index (χ4n) is 2.41. The normalized spacial score (nSPS) is 11.0. The van der Waals surface area contributed by atoms with E-state index in [1.165, 1.54) is 27.3 Å². The van der Waals surface area contributed by atoms with Gasteiger partial charge in [-0.1, -0.05) is 26.8 Å². The SMILES string of the molecule is CC(C)C.CCOC(=O)/C=C/CNc1nc(-c2cn(SI)c3ncc(F)cc23)ncc1F. The van der Waals surface area contributed by atoms with Gasteiger partial charge in [0.25, 0.3) is 0 Å². The lowest BCUT2D eigenvalue weighted by molar-refractivity contribution is -0.137. The Morgan fingerprint density at radius 2 is 2.03 bits per heavy atom.